The third kappa shape index (κ3) is 4.21. The molecule has 0 saturated heterocycles. The van der Waals surface area contributed by atoms with E-state index in [0.717, 1.165) is 33.3 Å². The summed E-state index contributed by atoms with van der Waals surface area (Å²) in [5, 5.41) is 9.83. The first-order valence-corrected chi connectivity index (χ1v) is 11.1. The van der Waals surface area contributed by atoms with Gasteiger partial charge in [0, 0.05) is 16.6 Å². The molecule has 1 aromatic heterocycles. The first-order valence-electron chi connectivity index (χ1n) is 10.7. The molecule has 1 amide bonds. The molecular formula is C27H22N4OS. The fourth-order valence-corrected chi connectivity index (χ4v) is 4.24. The lowest BCUT2D eigenvalue weighted by Crippen LogP contribution is -2.20. The minimum atomic E-state index is -0.184. The molecule has 6 heteroatoms. The number of amides is 1. The Morgan fingerprint density at radius 1 is 0.909 bits per heavy atom. The number of carbonyl (C=O) groups is 1. The maximum atomic E-state index is 13.0. The zero-order chi connectivity index (χ0) is 22.8. The normalized spacial score (nSPS) is 10.9. The lowest BCUT2D eigenvalue weighted by Gasteiger charge is -2.09. The van der Waals surface area contributed by atoms with E-state index in [9.17, 15) is 4.79 Å². The number of anilines is 1. The van der Waals surface area contributed by atoms with E-state index in [2.05, 4.69) is 11.4 Å². The maximum absolute atomic E-state index is 13.0. The third-order valence-electron chi connectivity index (χ3n) is 5.49. The molecule has 0 radical (unpaired) electrons. The average molecular weight is 451 g/mol. The van der Waals surface area contributed by atoms with Gasteiger partial charge in [-0.15, -0.1) is 0 Å². The molecule has 0 saturated carbocycles. The minimum Gasteiger partial charge on any atom is -0.324 e. The summed E-state index contributed by atoms with van der Waals surface area (Å²) in [5.41, 5.74) is 3.73. The molecule has 0 aliphatic carbocycles. The number of benzene rings is 4. The summed E-state index contributed by atoms with van der Waals surface area (Å²) in [6.45, 7) is 2.05. The van der Waals surface area contributed by atoms with Crippen LogP contribution in [-0.2, 0) is 11.3 Å². The van der Waals surface area contributed by atoms with Crippen molar-refractivity contribution in [3.63, 3.8) is 0 Å². The van der Waals surface area contributed by atoms with Crippen LogP contribution in [0.1, 0.15) is 5.56 Å². The molecule has 0 unspecified atom stereocenters. The third-order valence-corrected chi connectivity index (χ3v) is 5.88. The van der Waals surface area contributed by atoms with Gasteiger partial charge in [0.2, 0.25) is 10.7 Å². The largest absolute Gasteiger partial charge is 0.324 e. The van der Waals surface area contributed by atoms with Crippen LogP contribution in [-0.4, -0.2) is 20.3 Å². The molecule has 0 bridgehead atoms. The lowest BCUT2D eigenvalue weighted by atomic mass is 10.1. The van der Waals surface area contributed by atoms with Crippen molar-refractivity contribution in [3.05, 3.63) is 107 Å². The molecule has 5 nitrogen and oxygen atoms in total. The summed E-state index contributed by atoms with van der Waals surface area (Å²) in [6.07, 6.45) is 0. The topological polar surface area (TPSA) is 51.9 Å². The van der Waals surface area contributed by atoms with Crippen molar-refractivity contribution in [3.8, 4) is 17.1 Å². The van der Waals surface area contributed by atoms with Gasteiger partial charge in [0.1, 0.15) is 6.54 Å². The molecule has 0 atom stereocenters. The summed E-state index contributed by atoms with van der Waals surface area (Å²) in [4.78, 5) is 13.0. The van der Waals surface area contributed by atoms with Gasteiger partial charge in [-0.1, -0.05) is 78.9 Å². The molecule has 1 N–H and O–H groups in total. The van der Waals surface area contributed by atoms with Crippen molar-refractivity contribution >= 4 is 34.6 Å². The van der Waals surface area contributed by atoms with E-state index < -0.39 is 0 Å². The Morgan fingerprint density at radius 3 is 2.45 bits per heavy atom. The molecule has 0 fully saturated rings. The molecule has 162 valence electrons. The van der Waals surface area contributed by atoms with Crippen molar-refractivity contribution in [2.45, 2.75) is 13.5 Å². The second-order valence-electron chi connectivity index (χ2n) is 7.88. The van der Waals surface area contributed by atoms with Crippen LogP contribution in [0.2, 0.25) is 0 Å². The number of hydrogen-bond acceptors (Lipinski definition) is 3. The van der Waals surface area contributed by atoms with E-state index in [0.29, 0.717) is 10.6 Å². The van der Waals surface area contributed by atoms with Crippen LogP contribution in [0.15, 0.2) is 97.1 Å². The average Bonchev–Trinajstić information content (AvgIpc) is 3.15. The quantitative estimate of drug-likeness (QED) is 0.326. The van der Waals surface area contributed by atoms with Crippen LogP contribution in [0.4, 0.5) is 5.69 Å². The molecule has 4 aromatic carbocycles. The molecule has 5 aromatic rings. The van der Waals surface area contributed by atoms with Crippen molar-refractivity contribution in [1.29, 1.82) is 0 Å². The van der Waals surface area contributed by atoms with E-state index in [1.54, 1.807) is 4.68 Å². The number of nitrogens with one attached hydrogen (secondary N) is 1. The van der Waals surface area contributed by atoms with Crippen molar-refractivity contribution < 1.29 is 4.79 Å². The van der Waals surface area contributed by atoms with Gasteiger partial charge >= 0.3 is 0 Å². The fourth-order valence-electron chi connectivity index (χ4n) is 3.94. The van der Waals surface area contributed by atoms with Gasteiger partial charge in [-0.2, -0.15) is 5.10 Å². The second-order valence-corrected chi connectivity index (χ2v) is 8.24. The summed E-state index contributed by atoms with van der Waals surface area (Å²) in [7, 11) is 0. The number of aryl methyl sites for hydroxylation is 1. The molecule has 0 spiro atoms. The lowest BCUT2D eigenvalue weighted by molar-refractivity contribution is -0.116. The summed E-state index contributed by atoms with van der Waals surface area (Å²) in [5.74, 6) is 0.514. The highest BCUT2D eigenvalue weighted by atomic mass is 32.1. The molecule has 5 rings (SSSR count). The molecule has 33 heavy (non-hydrogen) atoms. The van der Waals surface area contributed by atoms with E-state index in [4.69, 9.17) is 17.3 Å². The number of fused-ring (bicyclic) bond motifs is 1. The molecular weight excluding hydrogens is 428 g/mol. The van der Waals surface area contributed by atoms with Crippen LogP contribution in [0.5, 0.6) is 0 Å². The van der Waals surface area contributed by atoms with Gasteiger partial charge in [0.25, 0.3) is 0 Å². The number of hydrogen-bond donors (Lipinski definition) is 1. The first-order chi connectivity index (χ1) is 16.1. The van der Waals surface area contributed by atoms with Gasteiger partial charge in [-0.25, -0.2) is 4.68 Å². The Labute approximate surface area is 196 Å². The minimum absolute atomic E-state index is 0.0146. The number of aromatic nitrogens is 3. The highest BCUT2D eigenvalue weighted by molar-refractivity contribution is 7.71. The van der Waals surface area contributed by atoms with Crippen LogP contribution >= 0.6 is 12.2 Å². The van der Waals surface area contributed by atoms with Crippen LogP contribution in [0, 0.1) is 11.7 Å². The van der Waals surface area contributed by atoms with Crippen LogP contribution in [0.3, 0.4) is 0 Å². The number of nitrogens with zero attached hydrogens (tertiary/aromatic N) is 3. The predicted octanol–water partition coefficient (Wildman–Crippen LogP) is 6.17. The molecule has 0 aliphatic heterocycles. The Balaban J connectivity index is 1.52. The second kappa shape index (κ2) is 8.84. The monoisotopic (exact) mass is 450 g/mol. The SMILES string of the molecule is Cc1cccc(-n2c(-c3ccccc3)nn(CC(=O)Nc3cccc4ccccc34)c2=S)c1. The highest BCUT2D eigenvalue weighted by Crippen LogP contribution is 2.25. The number of carbonyl (C=O) groups excluding carboxylic acids is 1. The fraction of sp³-hybridized carbons (Fsp3) is 0.0741. The van der Waals surface area contributed by atoms with E-state index in [1.807, 2.05) is 102 Å². The van der Waals surface area contributed by atoms with E-state index >= 15 is 0 Å². The maximum Gasteiger partial charge on any atom is 0.246 e. The van der Waals surface area contributed by atoms with Gasteiger partial charge in [0.15, 0.2) is 5.82 Å². The zero-order valence-electron chi connectivity index (χ0n) is 18.1. The van der Waals surface area contributed by atoms with E-state index in [1.165, 1.54) is 0 Å². The van der Waals surface area contributed by atoms with Gasteiger partial charge in [-0.05, 0) is 48.3 Å². The summed E-state index contributed by atoms with van der Waals surface area (Å²) >= 11 is 5.78. The Morgan fingerprint density at radius 2 is 1.64 bits per heavy atom. The first kappa shape index (κ1) is 20.8. The van der Waals surface area contributed by atoms with Crippen LogP contribution < -0.4 is 5.32 Å². The van der Waals surface area contributed by atoms with Crippen molar-refractivity contribution in [2.75, 3.05) is 5.32 Å². The van der Waals surface area contributed by atoms with Crippen LogP contribution in [0.25, 0.3) is 27.8 Å². The molecule has 1 heterocycles. The van der Waals surface area contributed by atoms with Gasteiger partial charge in [0.05, 0.1) is 5.69 Å². The Bertz CT molecular complexity index is 1510. The summed E-state index contributed by atoms with van der Waals surface area (Å²) < 4.78 is 3.97. The Hall–Kier alpha value is -4.03. The zero-order valence-corrected chi connectivity index (χ0v) is 18.9. The standard InChI is InChI=1S/C27H22N4OS/c1-19-9-7-14-22(17-19)31-26(21-11-3-2-4-12-21)29-30(27(31)33)18-25(32)28-24-16-8-13-20-10-5-6-15-23(20)24/h2-17H,18H2,1H3,(H,28,32). The summed E-state index contributed by atoms with van der Waals surface area (Å²) in [6, 6.07) is 31.8. The van der Waals surface area contributed by atoms with Crippen molar-refractivity contribution in [1.82, 2.24) is 14.3 Å². The predicted molar refractivity (Wildman–Crippen MR) is 135 cm³/mol. The smallest absolute Gasteiger partial charge is 0.246 e. The van der Waals surface area contributed by atoms with Crippen molar-refractivity contribution in [2.24, 2.45) is 0 Å². The number of rotatable bonds is 5. The Kier molecular flexibility index (Phi) is 5.59. The highest BCUT2D eigenvalue weighted by Gasteiger charge is 2.17. The molecule has 0 aliphatic rings. The van der Waals surface area contributed by atoms with Gasteiger partial charge in [-0.3, -0.25) is 9.36 Å². The van der Waals surface area contributed by atoms with E-state index in [-0.39, 0.29) is 12.5 Å². The van der Waals surface area contributed by atoms with Gasteiger partial charge < -0.3 is 5.32 Å².